The summed E-state index contributed by atoms with van der Waals surface area (Å²) in [5.41, 5.74) is -0.661. The number of para-hydroxylation sites is 1. The molecule has 0 aliphatic carbocycles. The van der Waals surface area contributed by atoms with Crippen molar-refractivity contribution in [1.29, 1.82) is 0 Å². The van der Waals surface area contributed by atoms with Gasteiger partial charge in [0.15, 0.2) is 0 Å². The van der Waals surface area contributed by atoms with Gasteiger partial charge in [0.05, 0.1) is 16.6 Å². The number of pyridine rings is 1. The molecule has 8 nitrogen and oxygen atoms in total. The molecule has 4 rings (SSSR count). The van der Waals surface area contributed by atoms with Crippen LogP contribution in [0.15, 0.2) is 53.6 Å². The van der Waals surface area contributed by atoms with E-state index in [0.717, 1.165) is 6.07 Å². The van der Waals surface area contributed by atoms with Crippen LogP contribution in [0, 0.1) is 0 Å². The Kier molecular flexibility index (Phi) is 4.31. The van der Waals surface area contributed by atoms with Crippen molar-refractivity contribution in [2.24, 2.45) is 5.14 Å². The number of nitrogens with one attached hydrogen (secondary N) is 1. The minimum atomic E-state index is -4.97. The molecular weight excluding hydrogens is 409 g/mol. The van der Waals surface area contributed by atoms with Crippen LogP contribution in [0.5, 0.6) is 0 Å². The summed E-state index contributed by atoms with van der Waals surface area (Å²) in [6.45, 7) is 0. The van der Waals surface area contributed by atoms with Gasteiger partial charge in [-0.3, -0.25) is 4.98 Å². The zero-order chi connectivity index (χ0) is 20.8. The molecule has 0 spiro atoms. The fourth-order valence-electron chi connectivity index (χ4n) is 3.15. The molecule has 3 N–H and O–H groups in total. The molecule has 0 unspecified atom stereocenters. The van der Waals surface area contributed by atoms with Crippen molar-refractivity contribution in [3.8, 4) is 22.5 Å². The maximum Gasteiger partial charge on any atom is 0.417 e. The topological polar surface area (TPSA) is 128 Å². The second kappa shape index (κ2) is 6.60. The van der Waals surface area contributed by atoms with Crippen molar-refractivity contribution in [2.45, 2.75) is 11.1 Å². The van der Waals surface area contributed by atoms with E-state index in [2.05, 4.69) is 25.6 Å². The van der Waals surface area contributed by atoms with E-state index in [-0.39, 0.29) is 11.4 Å². The molecular formula is C17H11F3N6O2S. The first-order valence-corrected chi connectivity index (χ1v) is 9.57. The molecule has 4 aromatic rings. The predicted molar refractivity (Wildman–Crippen MR) is 96.7 cm³/mol. The Morgan fingerprint density at radius 3 is 2.41 bits per heavy atom. The van der Waals surface area contributed by atoms with E-state index in [1.807, 2.05) is 0 Å². The quantitative estimate of drug-likeness (QED) is 0.525. The summed E-state index contributed by atoms with van der Waals surface area (Å²) in [5.74, 6) is -0.337. The number of nitrogens with two attached hydrogens (primary N) is 1. The van der Waals surface area contributed by atoms with Crippen LogP contribution >= 0.6 is 0 Å². The highest BCUT2D eigenvalue weighted by Crippen LogP contribution is 2.43. The van der Waals surface area contributed by atoms with Gasteiger partial charge in [0, 0.05) is 11.6 Å². The van der Waals surface area contributed by atoms with Crippen molar-refractivity contribution in [1.82, 2.24) is 25.6 Å². The molecule has 0 fully saturated rings. The van der Waals surface area contributed by atoms with Crippen LogP contribution in [0.3, 0.4) is 0 Å². The molecule has 0 atom stereocenters. The Bertz CT molecular complexity index is 1320. The fourth-order valence-corrected chi connectivity index (χ4v) is 4.12. The maximum atomic E-state index is 13.6. The van der Waals surface area contributed by atoms with Crippen LogP contribution in [-0.2, 0) is 16.2 Å². The van der Waals surface area contributed by atoms with Gasteiger partial charge >= 0.3 is 6.18 Å². The third-order valence-corrected chi connectivity index (χ3v) is 5.25. The van der Waals surface area contributed by atoms with Gasteiger partial charge in [-0.2, -0.15) is 18.4 Å². The highest BCUT2D eigenvalue weighted by Gasteiger charge is 2.40. The number of rotatable bonds is 3. The number of aromatic amines is 1. The van der Waals surface area contributed by atoms with Gasteiger partial charge in [-0.25, -0.2) is 13.6 Å². The first kappa shape index (κ1) is 19.0. The number of sulfonamides is 1. The van der Waals surface area contributed by atoms with Crippen LogP contribution < -0.4 is 5.14 Å². The molecule has 2 aromatic heterocycles. The van der Waals surface area contributed by atoms with E-state index >= 15 is 0 Å². The lowest BCUT2D eigenvalue weighted by molar-refractivity contribution is -0.139. The Labute approximate surface area is 161 Å². The lowest BCUT2D eigenvalue weighted by atomic mass is 9.94. The van der Waals surface area contributed by atoms with Gasteiger partial charge in [0.25, 0.3) is 0 Å². The molecule has 0 radical (unpaired) electrons. The zero-order valence-electron chi connectivity index (χ0n) is 14.3. The largest absolute Gasteiger partial charge is 0.417 e. The maximum absolute atomic E-state index is 13.6. The lowest BCUT2D eigenvalue weighted by Crippen LogP contribution is -2.21. The Morgan fingerprint density at radius 2 is 1.76 bits per heavy atom. The molecule has 0 bridgehead atoms. The average Bonchev–Trinajstić information content (AvgIpc) is 3.19. The van der Waals surface area contributed by atoms with Gasteiger partial charge in [-0.05, 0) is 34.5 Å². The molecule has 0 saturated carbocycles. The number of fused-ring (bicyclic) bond motifs is 1. The summed E-state index contributed by atoms with van der Waals surface area (Å²) in [6, 6.07) is 10.3. The average molecular weight is 420 g/mol. The fraction of sp³-hybridized carbons (Fsp3) is 0.0588. The summed E-state index contributed by atoms with van der Waals surface area (Å²) in [5, 5.41) is 18.7. The third-order valence-electron chi connectivity index (χ3n) is 4.26. The first-order valence-electron chi connectivity index (χ1n) is 8.03. The second-order valence-electron chi connectivity index (χ2n) is 6.02. The lowest BCUT2D eigenvalue weighted by Gasteiger charge is -2.18. The summed E-state index contributed by atoms with van der Waals surface area (Å²) < 4.78 is 65.3. The Morgan fingerprint density at radius 1 is 1.00 bits per heavy atom. The van der Waals surface area contributed by atoms with Gasteiger partial charge in [0.1, 0.15) is 4.90 Å². The monoisotopic (exact) mass is 420 g/mol. The van der Waals surface area contributed by atoms with Crippen LogP contribution in [-0.4, -0.2) is 34.0 Å². The normalized spacial score (nSPS) is 12.4. The number of H-pyrrole nitrogens is 1. The highest BCUT2D eigenvalue weighted by atomic mass is 32.2. The number of hydrogen-bond acceptors (Lipinski definition) is 6. The Balaban J connectivity index is 2.19. The van der Waals surface area contributed by atoms with E-state index in [1.54, 1.807) is 30.3 Å². The molecule has 29 heavy (non-hydrogen) atoms. The number of benzene rings is 2. The molecule has 148 valence electrons. The summed E-state index contributed by atoms with van der Waals surface area (Å²) >= 11 is 0. The minimum absolute atomic E-state index is 0.141. The van der Waals surface area contributed by atoms with E-state index in [0.29, 0.717) is 22.5 Å². The summed E-state index contributed by atoms with van der Waals surface area (Å²) in [6.07, 6.45) is -3.51. The third kappa shape index (κ3) is 3.32. The number of halogens is 3. The number of aromatic nitrogens is 5. The van der Waals surface area contributed by atoms with Crippen molar-refractivity contribution in [3.05, 3.63) is 54.2 Å². The van der Waals surface area contributed by atoms with Crippen LogP contribution in [0.2, 0.25) is 0 Å². The van der Waals surface area contributed by atoms with Gasteiger partial charge in [0.2, 0.25) is 15.8 Å². The molecule has 2 aromatic carbocycles. The standard InChI is InChI=1S/C17H11F3N6O2S/c18-17(19,20)12-6-5-11(9-7-8-22-13-4-2-1-3-10(9)13)14(15(12)29(21,27)28)16-23-25-26-24-16/h1-8H,(H2,21,27,28)(H,23,24,25,26). The Hall–Kier alpha value is -3.38. The SMILES string of the molecule is NS(=O)(=O)c1c(C(F)(F)F)ccc(-c2ccnc3ccccc23)c1-c1nn[nH]n1. The van der Waals surface area contributed by atoms with Crippen LogP contribution in [0.4, 0.5) is 13.2 Å². The number of hydrogen-bond donors (Lipinski definition) is 2. The van der Waals surface area contributed by atoms with Crippen LogP contribution in [0.1, 0.15) is 5.56 Å². The molecule has 0 saturated heterocycles. The van der Waals surface area contributed by atoms with E-state index in [9.17, 15) is 21.6 Å². The van der Waals surface area contributed by atoms with E-state index in [1.165, 1.54) is 6.20 Å². The molecule has 0 amide bonds. The molecule has 12 heteroatoms. The number of primary sulfonamides is 1. The number of alkyl halides is 3. The molecule has 0 aliphatic rings. The smallest absolute Gasteiger partial charge is 0.256 e. The van der Waals surface area contributed by atoms with Gasteiger partial charge in [-0.15, -0.1) is 10.2 Å². The first-order chi connectivity index (χ1) is 13.7. The predicted octanol–water partition coefficient (Wildman–Crippen LogP) is 2.75. The number of tetrazole rings is 1. The van der Waals surface area contributed by atoms with Gasteiger partial charge < -0.3 is 0 Å². The van der Waals surface area contributed by atoms with Crippen molar-refractivity contribution in [2.75, 3.05) is 0 Å². The van der Waals surface area contributed by atoms with Crippen molar-refractivity contribution in [3.63, 3.8) is 0 Å². The second-order valence-corrected chi connectivity index (χ2v) is 7.52. The van der Waals surface area contributed by atoms with Crippen LogP contribution in [0.25, 0.3) is 33.4 Å². The summed E-state index contributed by atoms with van der Waals surface area (Å²) in [4.78, 5) is 3.09. The molecule has 2 heterocycles. The van der Waals surface area contributed by atoms with Crippen molar-refractivity contribution < 1.29 is 21.6 Å². The van der Waals surface area contributed by atoms with E-state index < -0.39 is 32.2 Å². The minimum Gasteiger partial charge on any atom is -0.256 e. The van der Waals surface area contributed by atoms with Gasteiger partial charge in [-0.1, -0.05) is 24.3 Å². The zero-order valence-corrected chi connectivity index (χ0v) is 15.2. The highest BCUT2D eigenvalue weighted by molar-refractivity contribution is 7.89. The molecule has 0 aliphatic heterocycles. The number of nitrogens with zero attached hydrogens (tertiary/aromatic N) is 4. The van der Waals surface area contributed by atoms with E-state index in [4.69, 9.17) is 5.14 Å². The van der Waals surface area contributed by atoms with Crippen molar-refractivity contribution >= 4 is 20.9 Å². The summed E-state index contributed by atoms with van der Waals surface area (Å²) in [7, 11) is -4.81.